The van der Waals surface area contributed by atoms with E-state index in [1.54, 1.807) is 0 Å². The Hall–Kier alpha value is -0.860. The topological polar surface area (TPSA) is 46.2 Å². The molecule has 0 amide bonds. The van der Waals surface area contributed by atoms with Crippen molar-refractivity contribution in [3.63, 3.8) is 0 Å². The second-order valence-corrected chi connectivity index (χ2v) is 5.06. The summed E-state index contributed by atoms with van der Waals surface area (Å²) in [6.07, 6.45) is 4.60. The van der Waals surface area contributed by atoms with Gasteiger partial charge in [-0.15, -0.1) is 0 Å². The van der Waals surface area contributed by atoms with Gasteiger partial charge in [0.05, 0.1) is 5.60 Å². The van der Waals surface area contributed by atoms with Crippen molar-refractivity contribution in [1.29, 1.82) is 0 Å². The Bertz CT molecular complexity index is 338. The summed E-state index contributed by atoms with van der Waals surface area (Å²) in [7, 11) is 0. The minimum Gasteiger partial charge on any atom is -0.385 e. The van der Waals surface area contributed by atoms with E-state index in [1.807, 2.05) is 19.1 Å². The van der Waals surface area contributed by atoms with E-state index >= 15 is 0 Å². The number of rotatable bonds is 4. The maximum Gasteiger partial charge on any atom is 0.0880 e. The highest BCUT2D eigenvalue weighted by atomic mass is 16.3. The summed E-state index contributed by atoms with van der Waals surface area (Å²) >= 11 is 0. The van der Waals surface area contributed by atoms with Gasteiger partial charge in [-0.3, -0.25) is 0 Å². The zero-order valence-corrected chi connectivity index (χ0v) is 9.95. The van der Waals surface area contributed by atoms with Crippen molar-refractivity contribution in [2.45, 2.75) is 44.1 Å². The molecule has 1 aromatic carbocycles. The molecule has 0 radical (unpaired) electrons. The Labute approximate surface area is 97.5 Å². The number of benzene rings is 1. The molecule has 1 fully saturated rings. The number of hydrogen-bond donors (Lipinski definition) is 2. The summed E-state index contributed by atoms with van der Waals surface area (Å²) < 4.78 is 0. The normalized spacial score (nSPS) is 20.2. The molecular formula is C14H21NO. The standard InChI is InChI=1S/C14H21NO/c1-14(16,9-10-15)13-7-5-12(6-8-13)11-3-2-4-11/h5-8,11,16H,2-4,9-10,15H2,1H3. The van der Waals surface area contributed by atoms with E-state index < -0.39 is 5.60 Å². The predicted octanol–water partition coefficient (Wildman–Crippen LogP) is 2.51. The molecule has 2 nitrogen and oxygen atoms in total. The molecule has 0 heterocycles. The molecule has 1 unspecified atom stereocenters. The Kier molecular flexibility index (Phi) is 3.31. The first-order valence-electron chi connectivity index (χ1n) is 6.16. The van der Waals surface area contributed by atoms with Crippen LogP contribution in [0.25, 0.3) is 0 Å². The molecule has 1 saturated carbocycles. The third-order valence-corrected chi connectivity index (χ3v) is 3.74. The summed E-state index contributed by atoms with van der Waals surface area (Å²) in [5.74, 6) is 0.758. The second kappa shape index (κ2) is 4.56. The van der Waals surface area contributed by atoms with Crippen molar-refractivity contribution in [2.24, 2.45) is 5.73 Å². The first kappa shape index (κ1) is 11.6. The zero-order chi connectivity index (χ0) is 11.6. The third kappa shape index (κ3) is 2.28. The SMILES string of the molecule is CC(O)(CCN)c1ccc(C2CCC2)cc1. The molecule has 16 heavy (non-hydrogen) atoms. The Morgan fingerprint density at radius 1 is 1.31 bits per heavy atom. The molecule has 1 aromatic rings. The van der Waals surface area contributed by atoms with E-state index in [9.17, 15) is 5.11 Å². The minimum atomic E-state index is -0.785. The van der Waals surface area contributed by atoms with Crippen LogP contribution in [-0.4, -0.2) is 11.7 Å². The van der Waals surface area contributed by atoms with E-state index in [2.05, 4.69) is 12.1 Å². The van der Waals surface area contributed by atoms with E-state index in [0.717, 1.165) is 11.5 Å². The van der Waals surface area contributed by atoms with Crippen LogP contribution in [0.1, 0.15) is 49.7 Å². The van der Waals surface area contributed by atoms with Gasteiger partial charge in [-0.25, -0.2) is 0 Å². The van der Waals surface area contributed by atoms with Crippen molar-refractivity contribution in [3.8, 4) is 0 Å². The van der Waals surface area contributed by atoms with Crippen molar-refractivity contribution >= 4 is 0 Å². The molecule has 3 N–H and O–H groups in total. The zero-order valence-electron chi connectivity index (χ0n) is 9.95. The summed E-state index contributed by atoms with van der Waals surface area (Å²) in [5.41, 5.74) is 7.10. The van der Waals surface area contributed by atoms with Gasteiger partial charge in [0.2, 0.25) is 0 Å². The summed E-state index contributed by atoms with van der Waals surface area (Å²) in [4.78, 5) is 0. The quantitative estimate of drug-likeness (QED) is 0.817. The van der Waals surface area contributed by atoms with E-state index in [-0.39, 0.29) is 0 Å². The highest BCUT2D eigenvalue weighted by Crippen LogP contribution is 2.37. The molecule has 0 bridgehead atoms. The monoisotopic (exact) mass is 219 g/mol. The highest BCUT2D eigenvalue weighted by Gasteiger charge is 2.23. The Balaban J connectivity index is 2.11. The lowest BCUT2D eigenvalue weighted by Crippen LogP contribution is -2.25. The molecule has 0 aromatic heterocycles. The van der Waals surface area contributed by atoms with E-state index in [4.69, 9.17) is 5.73 Å². The molecule has 1 aliphatic carbocycles. The molecule has 1 aliphatic rings. The van der Waals surface area contributed by atoms with Crippen LogP contribution in [0.4, 0.5) is 0 Å². The number of nitrogens with two attached hydrogens (primary N) is 1. The molecular weight excluding hydrogens is 198 g/mol. The van der Waals surface area contributed by atoms with Crippen molar-refractivity contribution in [3.05, 3.63) is 35.4 Å². The van der Waals surface area contributed by atoms with Gasteiger partial charge in [0.15, 0.2) is 0 Å². The third-order valence-electron chi connectivity index (χ3n) is 3.74. The smallest absolute Gasteiger partial charge is 0.0880 e. The van der Waals surface area contributed by atoms with Crippen LogP contribution in [0.15, 0.2) is 24.3 Å². The van der Waals surface area contributed by atoms with Crippen molar-refractivity contribution in [2.75, 3.05) is 6.54 Å². The second-order valence-electron chi connectivity index (χ2n) is 5.06. The largest absolute Gasteiger partial charge is 0.385 e. The van der Waals surface area contributed by atoms with Gasteiger partial charge in [0.25, 0.3) is 0 Å². The summed E-state index contributed by atoms with van der Waals surface area (Å²) in [6, 6.07) is 8.40. The highest BCUT2D eigenvalue weighted by molar-refractivity contribution is 5.29. The fraction of sp³-hybridized carbons (Fsp3) is 0.571. The lowest BCUT2D eigenvalue weighted by molar-refractivity contribution is 0.0504. The van der Waals surface area contributed by atoms with Crippen LogP contribution in [0.5, 0.6) is 0 Å². The van der Waals surface area contributed by atoms with Crippen LogP contribution >= 0.6 is 0 Å². The molecule has 2 rings (SSSR count). The lowest BCUT2D eigenvalue weighted by atomic mass is 9.79. The molecule has 0 spiro atoms. The van der Waals surface area contributed by atoms with Gasteiger partial charge in [0, 0.05) is 0 Å². The van der Waals surface area contributed by atoms with Crippen LogP contribution in [0.2, 0.25) is 0 Å². The molecule has 1 atom stereocenters. The van der Waals surface area contributed by atoms with Gasteiger partial charge in [-0.05, 0) is 49.8 Å². The van der Waals surface area contributed by atoms with Crippen LogP contribution in [-0.2, 0) is 5.60 Å². The minimum absolute atomic E-state index is 0.511. The van der Waals surface area contributed by atoms with Crippen LogP contribution in [0, 0.1) is 0 Å². The fourth-order valence-corrected chi connectivity index (χ4v) is 2.28. The first-order chi connectivity index (χ1) is 7.63. The van der Waals surface area contributed by atoms with E-state index in [1.165, 1.54) is 24.8 Å². The Morgan fingerprint density at radius 3 is 2.38 bits per heavy atom. The van der Waals surface area contributed by atoms with Gasteiger partial charge in [-0.1, -0.05) is 30.7 Å². The molecule has 0 aliphatic heterocycles. The Morgan fingerprint density at radius 2 is 1.94 bits per heavy atom. The van der Waals surface area contributed by atoms with Gasteiger partial charge in [0.1, 0.15) is 0 Å². The lowest BCUT2D eigenvalue weighted by Gasteiger charge is -2.27. The number of hydrogen-bond acceptors (Lipinski definition) is 2. The van der Waals surface area contributed by atoms with Gasteiger partial charge >= 0.3 is 0 Å². The van der Waals surface area contributed by atoms with Crippen molar-refractivity contribution in [1.82, 2.24) is 0 Å². The van der Waals surface area contributed by atoms with Crippen LogP contribution in [0.3, 0.4) is 0 Å². The summed E-state index contributed by atoms with van der Waals surface area (Å²) in [5, 5.41) is 10.2. The summed E-state index contributed by atoms with van der Waals surface area (Å²) in [6.45, 7) is 2.34. The van der Waals surface area contributed by atoms with E-state index in [0.29, 0.717) is 13.0 Å². The predicted molar refractivity (Wildman–Crippen MR) is 66.3 cm³/mol. The average molecular weight is 219 g/mol. The first-order valence-corrected chi connectivity index (χ1v) is 6.16. The molecule has 88 valence electrons. The van der Waals surface area contributed by atoms with Crippen LogP contribution < -0.4 is 5.73 Å². The average Bonchev–Trinajstić information content (AvgIpc) is 2.16. The maximum atomic E-state index is 10.2. The fourth-order valence-electron chi connectivity index (χ4n) is 2.28. The molecule has 0 saturated heterocycles. The van der Waals surface area contributed by atoms with Gasteiger partial charge < -0.3 is 10.8 Å². The number of aliphatic hydroxyl groups is 1. The molecule has 2 heteroatoms. The van der Waals surface area contributed by atoms with Gasteiger partial charge in [-0.2, -0.15) is 0 Å². The maximum absolute atomic E-state index is 10.2. The van der Waals surface area contributed by atoms with Crippen molar-refractivity contribution < 1.29 is 5.11 Å².